The quantitative estimate of drug-likeness (QED) is 0.931. The Bertz CT molecular complexity index is 638. The average molecular weight is 336 g/mol. The average Bonchev–Trinajstić information content (AvgIpc) is 2.77. The second kappa shape index (κ2) is 5.79. The van der Waals surface area contributed by atoms with Crippen molar-refractivity contribution in [2.24, 2.45) is 7.05 Å². The van der Waals surface area contributed by atoms with Crippen molar-refractivity contribution < 1.29 is 4.79 Å². The first kappa shape index (κ1) is 14.8. The van der Waals surface area contributed by atoms with Crippen molar-refractivity contribution in [2.75, 3.05) is 5.32 Å². The number of aromatic nitrogens is 2. The molecule has 0 aliphatic carbocycles. The summed E-state index contributed by atoms with van der Waals surface area (Å²) in [5.41, 5.74) is 4.48. The summed E-state index contributed by atoms with van der Waals surface area (Å²) in [6.45, 7) is 6.03. The van der Waals surface area contributed by atoms with Crippen molar-refractivity contribution in [1.82, 2.24) is 9.78 Å². The van der Waals surface area contributed by atoms with Crippen LogP contribution in [0.5, 0.6) is 0 Å². The molecule has 0 bridgehead atoms. The highest BCUT2D eigenvalue weighted by Gasteiger charge is 2.13. The predicted molar refractivity (Wildman–Crippen MR) is 84.2 cm³/mol. The molecule has 1 amide bonds. The number of benzene rings is 1. The molecule has 0 unspecified atom stereocenters. The Balaban J connectivity index is 2.25. The fourth-order valence-electron chi connectivity index (χ4n) is 2.13. The van der Waals surface area contributed by atoms with Gasteiger partial charge in [0.25, 0.3) is 5.91 Å². The molecule has 106 valence electrons. The first-order valence-electron chi connectivity index (χ1n) is 6.53. The standard InChI is InChI=1S/C15H18BrN3O/c1-5-11-8-13(19(4)18-11)15(20)17-12-6-9(2)14(16)10(3)7-12/h6-8H,5H2,1-4H3,(H,17,20). The largest absolute Gasteiger partial charge is 0.321 e. The zero-order valence-electron chi connectivity index (χ0n) is 12.1. The minimum Gasteiger partial charge on any atom is -0.321 e. The first-order chi connectivity index (χ1) is 9.42. The molecule has 4 nitrogen and oxygen atoms in total. The minimum atomic E-state index is -0.138. The predicted octanol–water partition coefficient (Wildman–Crippen LogP) is 3.61. The Kier molecular flexibility index (Phi) is 4.28. The maximum Gasteiger partial charge on any atom is 0.273 e. The Morgan fingerprint density at radius 3 is 2.40 bits per heavy atom. The SMILES string of the molecule is CCc1cc(C(=O)Nc2cc(C)c(Br)c(C)c2)n(C)n1. The van der Waals surface area contributed by atoms with Gasteiger partial charge in [0.05, 0.1) is 5.69 Å². The van der Waals surface area contributed by atoms with E-state index in [0.29, 0.717) is 5.69 Å². The topological polar surface area (TPSA) is 46.9 Å². The number of anilines is 1. The summed E-state index contributed by atoms with van der Waals surface area (Å²) >= 11 is 3.52. The second-order valence-electron chi connectivity index (χ2n) is 4.88. The Hall–Kier alpha value is -1.62. The smallest absolute Gasteiger partial charge is 0.273 e. The van der Waals surface area contributed by atoms with E-state index < -0.39 is 0 Å². The van der Waals surface area contributed by atoms with Crippen LogP contribution in [-0.2, 0) is 13.5 Å². The molecule has 0 fully saturated rings. The Morgan fingerprint density at radius 1 is 1.30 bits per heavy atom. The van der Waals surface area contributed by atoms with Crippen LogP contribution in [0.1, 0.15) is 34.2 Å². The fraction of sp³-hybridized carbons (Fsp3) is 0.333. The highest BCUT2D eigenvalue weighted by molar-refractivity contribution is 9.10. The summed E-state index contributed by atoms with van der Waals surface area (Å²) in [6.07, 6.45) is 0.817. The third-order valence-electron chi connectivity index (χ3n) is 3.22. The summed E-state index contributed by atoms with van der Waals surface area (Å²) in [5.74, 6) is -0.138. The highest BCUT2D eigenvalue weighted by atomic mass is 79.9. The summed E-state index contributed by atoms with van der Waals surface area (Å²) in [6, 6.07) is 5.73. The van der Waals surface area contributed by atoms with Gasteiger partial charge in [-0.3, -0.25) is 9.48 Å². The van der Waals surface area contributed by atoms with E-state index in [1.54, 1.807) is 11.7 Å². The molecule has 1 heterocycles. The van der Waals surface area contributed by atoms with Crippen LogP contribution in [0, 0.1) is 13.8 Å². The number of carbonyl (C=O) groups excluding carboxylic acids is 1. The molecule has 2 aromatic rings. The summed E-state index contributed by atoms with van der Waals surface area (Å²) in [7, 11) is 1.78. The van der Waals surface area contributed by atoms with E-state index in [2.05, 4.69) is 26.3 Å². The third-order valence-corrected chi connectivity index (χ3v) is 4.47. The Morgan fingerprint density at radius 2 is 1.90 bits per heavy atom. The van der Waals surface area contributed by atoms with Gasteiger partial charge in [-0.05, 0) is 49.6 Å². The lowest BCUT2D eigenvalue weighted by molar-refractivity contribution is 0.101. The van der Waals surface area contributed by atoms with Crippen LogP contribution < -0.4 is 5.32 Å². The van der Waals surface area contributed by atoms with Gasteiger partial charge in [-0.15, -0.1) is 0 Å². The first-order valence-corrected chi connectivity index (χ1v) is 7.32. The number of rotatable bonds is 3. The number of halogens is 1. The van der Waals surface area contributed by atoms with Crippen molar-refractivity contribution in [2.45, 2.75) is 27.2 Å². The molecule has 5 heteroatoms. The van der Waals surface area contributed by atoms with Crippen LogP contribution >= 0.6 is 15.9 Å². The molecule has 2 rings (SSSR count). The van der Waals surface area contributed by atoms with Gasteiger partial charge in [0.2, 0.25) is 0 Å². The van der Waals surface area contributed by atoms with Gasteiger partial charge in [-0.2, -0.15) is 5.10 Å². The molecule has 0 aliphatic heterocycles. The third kappa shape index (κ3) is 2.93. The van der Waals surface area contributed by atoms with Gasteiger partial charge in [0.1, 0.15) is 5.69 Å². The Labute approximate surface area is 127 Å². The summed E-state index contributed by atoms with van der Waals surface area (Å²) in [5, 5.41) is 7.21. The van der Waals surface area contributed by atoms with Crippen molar-refractivity contribution in [3.8, 4) is 0 Å². The van der Waals surface area contributed by atoms with Gasteiger partial charge >= 0.3 is 0 Å². The monoisotopic (exact) mass is 335 g/mol. The number of amides is 1. The number of nitrogens with one attached hydrogen (secondary N) is 1. The van der Waals surface area contributed by atoms with Gasteiger partial charge < -0.3 is 5.32 Å². The number of carbonyl (C=O) groups is 1. The number of aryl methyl sites for hydroxylation is 4. The fourth-order valence-corrected chi connectivity index (χ4v) is 2.35. The molecule has 0 atom stereocenters. The van der Waals surface area contributed by atoms with Crippen LogP contribution in [0.15, 0.2) is 22.7 Å². The molecule has 20 heavy (non-hydrogen) atoms. The highest BCUT2D eigenvalue weighted by Crippen LogP contribution is 2.25. The number of hydrogen-bond acceptors (Lipinski definition) is 2. The lowest BCUT2D eigenvalue weighted by Crippen LogP contribution is -2.16. The number of nitrogens with zero attached hydrogens (tertiary/aromatic N) is 2. The van der Waals surface area contributed by atoms with Gasteiger partial charge in [-0.1, -0.05) is 22.9 Å². The van der Waals surface area contributed by atoms with Crippen LogP contribution in [0.3, 0.4) is 0 Å². The van der Waals surface area contributed by atoms with Crippen molar-refractivity contribution in [1.29, 1.82) is 0 Å². The lowest BCUT2D eigenvalue weighted by Gasteiger charge is -2.09. The molecular formula is C15H18BrN3O. The van der Waals surface area contributed by atoms with Crippen molar-refractivity contribution >= 4 is 27.5 Å². The molecule has 0 radical (unpaired) electrons. The van der Waals surface area contributed by atoms with Crippen LogP contribution in [0.4, 0.5) is 5.69 Å². The molecule has 1 aromatic heterocycles. The summed E-state index contributed by atoms with van der Waals surface area (Å²) in [4.78, 5) is 12.3. The van der Waals surface area contributed by atoms with Gasteiger partial charge in [0.15, 0.2) is 0 Å². The molecule has 0 spiro atoms. The molecule has 0 saturated carbocycles. The molecular weight excluding hydrogens is 318 g/mol. The lowest BCUT2D eigenvalue weighted by atomic mass is 10.1. The maximum atomic E-state index is 12.3. The zero-order chi connectivity index (χ0) is 14.9. The van der Waals surface area contributed by atoms with Gasteiger partial charge in [-0.25, -0.2) is 0 Å². The van der Waals surface area contributed by atoms with Crippen LogP contribution in [0.2, 0.25) is 0 Å². The van der Waals surface area contributed by atoms with Crippen LogP contribution in [0.25, 0.3) is 0 Å². The van der Waals surface area contributed by atoms with Gasteiger partial charge in [0, 0.05) is 17.2 Å². The number of hydrogen-bond donors (Lipinski definition) is 1. The van der Waals surface area contributed by atoms with Crippen LogP contribution in [-0.4, -0.2) is 15.7 Å². The van der Waals surface area contributed by atoms with E-state index in [1.807, 2.05) is 39.0 Å². The van der Waals surface area contributed by atoms with E-state index in [9.17, 15) is 4.79 Å². The van der Waals surface area contributed by atoms with Crippen molar-refractivity contribution in [3.05, 3.63) is 45.2 Å². The molecule has 1 N–H and O–H groups in total. The normalized spacial score (nSPS) is 10.7. The summed E-state index contributed by atoms with van der Waals surface area (Å²) < 4.78 is 2.69. The van der Waals surface area contributed by atoms with E-state index in [0.717, 1.165) is 33.4 Å². The second-order valence-corrected chi connectivity index (χ2v) is 5.67. The van der Waals surface area contributed by atoms with E-state index in [4.69, 9.17) is 0 Å². The molecule has 1 aromatic carbocycles. The van der Waals surface area contributed by atoms with E-state index in [1.165, 1.54) is 0 Å². The zero-order valence-corrected chi connectivity index (χ0v) is 13.7. The van der Waals surface area contributed by atoms with Crippen molar-refractivity contribution in [3.63, 3.8) is 0 Å². The molecule has 0 saturated heterocycles. The minimum absolute atomic E-state index is 0.138. The maximum absolute atomic E-state index is 12.3. The molecule has 0 aliphatic rings. The van der Waals surface area contributed by atoms with E-state index in [-0.39, 0.29) is 5.91 Å². The van der Waals surface area contributed by atoms with E-state index >= 15 is 0 Å².